The third kappa shape index (κ3) is 3.22. The molecule has 0 aliphatic carbocycles. The maximum absolute atomic E-state index is 11.9. The minimum absolute atomic E-state index is 0.00991. The maximum Gasteiger partial charge on any atom is 0.274 e. The van der Waals surface area contributed by atoms with Crippen molar-refractivity contribution in [1.82, 2.24) is 9.97 Å². The molecule has 96 valence electrons. The number of anilines is 1. The summed E-state index contributed by atoms with van der Waals surface area (Å²) in [6.07, 6.45) is 1.54. The predicted octanol–water partition coefficient (Wildman–Crippen LogP) is 2.24. The number of hydrogen-bond donors (Lipinski definition) is 1. The van der Waals surface area contributed by atoms with Crippen LogP contribution in [0, 0.1) is 6.92 Å². The van der Waals surface area contributed by atoms with E-state index in [1.54, 1.807) is 37.3 Å². The fraction of sp³-hybridized carbons (Fsp3) is 0.143. The second kappa shape index (κ2) is 5.39. The molecule has 0 aliphatic rings. The van der Waals surface area contributed by atoms with Crippen LogP contribution in [-0.2, 0) is 0 Å². The van der Waals surface area contributed by atoms with Crippen LogP contribution < -0.4 is 5.32 Å². The van der Waals surface area contributed by atoms with E-state index in [4.69, 9.17) is 0 Å². The fourth-order valence-electron chi connectivity index (χ4n) is 1.57. The van der Waals surface area contributed by atoms with Crippen molar-refractivity contribution in [2.24, 2.45) is 0 Å². The number of nitrogens with zero attached hydrogens (tertiary/aromatic N) is 2. The average molecular weight is 255 g/mol. The van der Waals surface area contributed by atoms with Crippen molar-refractivity contribution >= 4 is 17.4 Å². The van der Waals surface area contributed by atoms with Crippen LogP contribution in [0.25, 0.3) is 0 Å². The number of ketones is 1. The van der Waals surface area contributed by atoms with Crippen LogP contribution in [0.2, 0.25) is 0 Å². The Kier molecular flexibility index (Phi) is 3.66. The second-order valence-electron chi connectivity index (χ2n) is 4.08. The standard InChI is InChI=1S/C14H13N3O2/c1-9(18)11-3-5-12(6-4-11)17-14(19)13-7-8-15-10(2)16-13/h3-8H,1-2H3,(H,17,19). The van der Waals surface area contributed by atoms with Gasteiger partial charge >= 0.3 is 0 Å². The van der Waals surface area contributed by atoms with Gasteiger partial charge in [-0.05, 0) is 44.2 Å². The lowest BCUT2D eigenvalue weighted by Gasteiger charge is -2.05. The number of amides is 1. The van der Waals surface area contributed by atoms with Crippen LogP contribution in [0.15, 0.2) is 36.5 Å². The van der Waals surface area contributed by atoms with Crippen LogP contribution in [0.1, 0.15) is 33.6 Å². The molecular weight excluding hydrogens is 242 g/mol. The molecule has 1 aromatic carbocycles. The zero-order valence-corrected chi connectivity index (χ0v) is 10.7. The number of carbonyl (C=O) groups is 2. The largest absolute Gasteiger partial charge is 0.321 e. The number of rotatable bonds is 3. The summed E-state index contributed by atoms with van der Waals surface area (Å²) >= 11 is 0. The highest BCUT2D eigenvalue weighted by Crippen LogP contribution is 2.11. The summed E-state index contributed by atoms with van der Waals surface area (Å²) < 4.78 is 0. The highest BCUT2D eigenvalue weighted by Gasteiger charge is 2.08. The number of carbonyl (C=O) groups excluding carboxylic acids is 2. The summed E-state index contributed by atoms with van der Waals surface area (Å²) in [6, 6.07) is 8.25. The van der Waals surface area contributed by atoms with Crippen molar-refractivity contribution in [1.29, 1.82) is 0 Å². The third-order valence-corrected chi connectivity index (χ3v) is 2.56. The summed E-state index contributed by atoms with van der Waals surface area (Å²) in [5.41, 5.74) is 1.53. The van der Waals surface area contributed by atoms with Gasteiger partial charge in [0.25, 0.3) is 5.91 Å². The van der Waals surface area contributed by atoms with E-state index in [1.165, 1.54) is 13.1 Å². The first-order chi connectivity index (χ1) is 9.06. The van der Waals surface area contributed by atoms with Crippen molar-refractivity contribution < 1.29 is 9.59 Å². The van der Waals surface area contributed by atoms with Gasteiger partial charge in [0, 0.05) is 17.4 Å². The number of benzene rings is 1. The summed E-state index contributed by atoms with van der Waals surface area (Å²) in [7, 11) is 0. The lowest BCUT2D eigenvalue weighted by Crippen LogP contribution is -2.14. The number of hydrogen-bond acceptors (Lipinski definition) is 4. The molecule has 2 rings (SSSR count). The van der Waals surface area contributed by atoms with Gasteiger partial charge in [-0.1, -0.05) is 0 Å². The van der Waals surface area contributed by atoms with Gasteiger partial charge in [-0.25, -0.2) is 9.97 Å². The molecule has 1 amide bonds. The molecule has 1 N–H and O–H groups in total. The molecule has 5 nitrogen and oxygen atoms in total. The molecule has 0 bridgehead atoms. The minimum atomic E-state index is -0.305. The Labute approximate surface area is 110 Å². The highest BCUT2D eigenvalue weighted by molar-refractivity contribution is 6.03. The Bertz CT molecular complexity index is 621. The monoisotopic (exact) mass is 255 g/mol. The predicted molar refractivity (Wildman–Crippen MR) is 71.2 cm³/mol. The Hall–Kier alpha value is -2.56. The fourth-order valence-corrected chi connectivity index (χ4v) is 1.57. The van der Waals surface area contributed by atoms with Crippen LogP contribution >= 0.6 is 0 Å². The summed E-state index contributed by atoms with van der Waals surface area (Å²) in [6.45, 7) is 3.22. The maximum atomic E-state index is 11.9. The molecule has 2 aromatic rings. The molecule has 19 heavy (non-hydrogen) atoms. The molecule has 0 atom stereocenters. The Balaban J connectivity index is 2.13. The first-order valence-corrected chi connectivity index (χ1v) is 5.78. The Morgan fingerprint density at radius 2 is 1.79 bits per heavy atom. The molecule has 5 heteroatoms. The molecule has 0 aliphatic heterocycles. The minimum Gasteiger partial charge on any atom is -0.321 e. The molecule has 0 spiro atoms. The van der Waals surface area contributed by atoms with Gasteiger partial charge in [-0.3, -0.25) is 9.59 Å². The van der Waals surface area contributed by atoms with Crippen molar-refractivity contribution in [2.45, 2.75) is 13.8 Å². The summed E-state index contributed by atoms with van der Waals surface area (Å²) in [5.74, 6) is 0.227. The van der Waals surface area contributed by atoms with E-state index < -0.39 is 0 Å². The topological polar surface area (TPSA) is 72.0 Å². The first kappa shape index (κ1) is 12.9. The van der Waals surface area contributed by atoms with E-state index >= 15 is 0 Å². The van der Waals surface area contributed by atoms with Gasteiger partial charge in [0.1, 0.15) is 11.5 Å². The van der Waals surface area contributed by atoms with Gasteiger partial charge < -0.3 is 5.32 Å². The van der Waals surface area contributed by atoms with Crippen LogP contribution in [0.3, 0.4) is 0 Å². The zero-order valence-electron chi connectivity index (χ0n) is 10.7. The van der Waals surface area contributed by atoms with E-state index in [2.05, 4.69) is 15.3 Å². The van der Waals surface area contributed by atoms with Gasteiger partial charge in [0.05, 0.1) is 0 Å². The van der Waals surface area contributed by atoms with Crippen LogP contribution in [-0.4, -0.2) is 21.7 Å². The van der Waals surface area contributed by atoms with Crippen LogP contribution in [0.5, 0.6) is 0 Å². The average Bonchev–Trinajstić information content (AvgIpc) is 2.39. The molecule has 0 saturated carbocycles. The molecule has 1 aromatic heterocycles. The summed E-state index contributed by atoms with van der Waals surface area (Å²) in [4.78, 5) is 31.0. The third-order valence-electron chi connectivity index (χ3n) is 2.56. The SMILES string of the molecule is CC(=O)c1ccc(NC(=O)c2ccnc(C)n2)cc1. The molecule has 0 fully saturated rings. The molecule has 1 heterocycles. The Morgan fingerprint density at radius 1 is 1.11 bits per heavy atom. The van der Waals surface area contributed by atoms with E-state index in [9.17, 15) is 9.59 Å². The number of nitrogens with one attached hydrogen (secondary N) is 1. The van der Waals surface area contributed by atoms with E-state index in [-0.39, 0.29) is 11.7 Å². The van der Waals surface area contributed by atoms with Crippen molar-refractivity contribution in [2.75, 3.05) is 5.32 Å². The number of aromatic nitrogens is 2. The normalized spacial score (nSPS) is 10.0. The second-order valence-corrected chi connectivity index (χ2v) is 4.08. The first-order valence-electron chi connectivity index (χ1n) is 5.78. The number of aryl methyl sites for hydroxylation is 1. The quantitative estimate of drug-likeness (QED) is 0.854. The molecule has 0 radical (unpaired) electrons. The molecule has 0 unspecified atom stereocenters. The molecule has 0 saturated heterocycles. The van der Waals surface area contributed by atoms with E-state index in [0.717, 1.165) is 0 Å². The lowest BCUT2D eigenvalue weighted by atomic mass is 10.1. The van der Waals surface area contributed by atoms with Crippen molar-refractivity contribution in [3.05, 3.63) is 53.6 Å². The summed E-state index contributed by atoms with van der Waals surface area (Å²) in [5, 5.41) is 2.71. The van der Waals surface area contributed by atoms with Crippen LogP contribution in [0.4, 0.5) is 5.69 Å². The van der Waals surface area contributed by atoms with Gasteiger partial charge in [-0.2, -0.15) is 0 Å². The zero-order chi connectivity index (χ0) is 13.8. The number of Topliss-reactive ketones (excluding diaryl/α,β-unsaturated/α-hetero) is 1. The van der Waals surface area contributed by atoms with Crippen molar-refractivity contribution in [3.63, 3.8) is 0 Å². The van der Waals surface area contributed by atoms with Gasteiger partial charge in [0.2, 0.25) is 0 Å². The lowest BCUT2D eigenvalue weighted by molar-refractivity contribution is 0.101. The van der Waals surface area contributed by atoms with Gasteiger partial charge in [-0.15, -0.1) is 0 Å². The van der Waals surface area contributed by atoms with Crippen molar-refractivity contribution in [3.8, 4) is 0 Å². The van der Waals surface area contributed by atoms with E-state index in [0.29, 0.717) is 22.8 Å². The Morgan fingerprint density at radius 3 is 2.37 bits per heavy atom. The smallest absolute Gasteiger partial charge is 0.274 e. The van der Waals surface area contributed by atoms with E-state index in [1.807, 2.05) is 0 Å². The molecular formula is C14H13N3O2. The highest BCUT2D eigenvalue weighted by atomic mass is 16.2. The van der Waals surface area contributed by atoms with Gasteiger partial charge in [0.15, 0.2) is 5.78 Å².